The molecule has 2 N–H and O–H groups in total. The number of benzene rings is 1. The fourth-order valence-electron chi connectivity index (χ4n) is 9.06. The van der Waals surface area contributed by atoms with Crippen LogP contribution in [-0.2, 0) is 4.79 Å². The van der Waals surface area contributed by atoms with Gasteiger partial charge >= 0.3 is 0 Å². The van der Waals surface area contributed by atoms with Crippen molar-refractivity contribution in [3.63, 3.8) is 0 Å². The van der Waals surface area contributed by atoms with E-state index in [-0.39, 0.29) is 5.75 Å². The topological polar surface area (TPSA) is 66.8 Å². The number of aliphatic hydroxyl groups excluding tert-OH is 1. The zero-order chi connectivity index (χ0) is 23.4. The fourth-order valence-corrected chi connectivity index (χ4v) is 9.06. The number of hydrogen-bond acceptors (Lipinski definition) is 4. The molecule has 4 heteroatoms. The van der Waals surface area contributed by atoms with Crippen LogP contribution in [0.3, 0.4) is 0 Å². The normalized spacial score (nSPS) is 41.1. The smallest absolute Gasteiger partial charge is 0.160 e. The van der Waals surface area contributed by atoms with Gasteiger partial charge in [0.25, 0.3) is 0 Å². The van der Waals surface area contributed by atoms with Gasteiger partial charge in [-0.3, -0.25) is 4.79 Å². The van der Waals surface area contributed by atoms with Gasteiger partial charge in [-0.25, -0.2) is 0 Å². The summed E-state index contributed by atoms with van der Waals surface area (Å²) in [6.07, 6.45) is 11.9. The molecule has 0 radical (unpaired) electrons. The lowest BCUT2D eigenvalue weighted by atomic mass is 9.44. The monoisotopic (exact) mass is 454 g/mol. The Kier molecular flexibility index (Phi) is 6.04. The number of fused-ring (bicyclic) bond motifs is 5. The summed E-state index contributed by atoms with van der Waals surface area (Å²) in [6, 6.07) is 5.18. The minimum atomic E-state index is -0.521. The first-order chi connectivity index (χ1) is 15.8. The summed E-state index contributed by atoms with van der Waals surface area (Å²) in [5.74, 6) is 4.78. The molecule has 3 unspecified atom stereocenters. The largest absolute Gasteiger partial charge is 0.504 e. The molecule has 0 aromatic heterocycles. The highest BCUT2D eigenvalue weighted by Crippen LogP contribution is 2.67. The maximum Gasteiger partial charge on any atom is 0.160 e. The van der Waals surface area contributed by atoms with E-state index in [1.54, 1.807) is 25.3 Å². The molecule has 4 fully saturated rings. The fraction of sp³-hybridized carbons (Fsp3) is 0.759. The number of phenolic OH excluding ortho intramolecular Hbond substituents is 1. The highest BCUT2D eigenvalue weighted by Gasteiger charge is 2.59. The molecule has 1 aromatic carbocycles. The summed E-state index contributed by atoms with van der Waals surface area (Å²) in [4.78, 5) is 12.1. The van der Waals surface area contributed by atoms with Gasteiger partial charge in [0, 0.05) is 12.8 Å². The second kappa shape index (κ2) is 8.59. The Morgan fingerprint density at radius 2 is 1.85 bits per heavy atom. The van der Waals surface area contributed by atoms with Crippen LogP contribution in [0.2, 0.25) is 0 Å². The third-order valence-electron chi connectivity index (χ3n) is 11.1. The number of phenols is 1. The van der Waals surface area contributed by atoms with Gasteiger partial charge in [0.2, 0.25) is 0 Å². The molecule has 0 aliphatic heterocycles. The average molecular weight is 455 g/mol. The molecule has 182 valence electrons. The lowest BCUT2D eigenvalue weighted by molar-refractivity contribution is -0.139. The summed E-state index contributed by atoms with van der Waals surface area (Å²) in [7, 11) is 1.54. The second-order valence-electron chi connectivity index (χ2n) is 12.2. The third kappa shape index (κ3) is 3.81. The number of carbonyl (C=O) groups is 1. The third-order valence-corrected chi connectivity index (χ3v) is 11.1. The SMILES string of the molecule is COc1cc(C(O)CCC2CC[C@H]3[C@@H]4CCC5CC(=O)CC[C@]5(C)[C@@H]4CC[C@]23C)ccc1O. The number of ketones is 1. The van der Waals surface area contributed by atoms with Crippen molar-refractivity contribution in [2.45, 2.75) is 90.6 Å². The van der Waals surface area contributed by atoms with Gasteiger partial charge in [-0.05, 0) is 116 Å². The minimum absolute atomic E-state index is 0.113. The molecule has 4 nitrogen and oxygen atoms in total. The molecular formula is C29H42O4. The second-order valence-corrected chi connectivity index (χ2v) is 12.2. The van der Waals surface area contributed by atoms with Gasteiger partial charge in [-0.2, -0.15) is 0 Å². The molecule has 1 aromatic rings. The van der Waals surface area contributed by atoms with E-state index < -0.39 is 6.10 Å². The first kappa shape index (κ1) is 23.2. The van der Waals surface area contributed by atoms with E-state index >= 15 is 0 Å². The molecule has 5 rings (SSSR count). The highest BCUT2D eigenvalue weighted by atomic mass is 16.5. The van der Waals surface area contributed by atoms with E-state index in [2.05, 4.69) is 13.8 Å². The van der Waals surface area contributed by atoms with Crippen LogP contribution in [0.15, 0.2) is 18.2 Å². The van der Waals surface area contributed by atoms with Crippen LogP contribution >= 0.6 is 0 Å². The summed E-state index contributed by atoms with van der Waals surface area (Å²) >= 11 is 0. The standard InChI is InChI=1S/C29H42O4/c1-28-15-13-24-22(8-5-20-17-21(30)12-14-29(20,24)2)23(28)9-6-19(28)7-11-25(31)18-4-10-26(32)27(16-18)33-3/h4,10,16,19-20,22-25,31-32H,5-9,11-15,17H2,1-3H3/t19?,20?,22-,23-,24+,25?,28+,29-/m0/s1. The van der Waals surface area contributed by atoms with Crippen LogP contribution in [-0.4, -0.2) is 23.1 Å². The number of carbonyl (C=O) groups excluding carboxylic acids is 1. The van der Waals surface area contributed by atoms with Crippen molar-refractivity contribution in [2.75, 3.05) is 7.11 Å². The number of methoxy groups -OCH3 is 1. The van der Waals surface area contributed by atoms with E-state index in [4.69, 9.17) is 4.74 Å². The van der Waals surface area contributed by atoms with Gasteiger partial charge in [-0.15, -0.1) is 0 Å². The molecule has 8 atom stereocenters. The number of rotatable bonds is 5. The van der Waals surface area contributed by atoms with Crippen LogP contribution in [0.4, 0.5) is 0 Å². The Labute approximate surface area is 199 Å². The molecular weight excluding hydrogens is 412 g/mol. The maximum atomic E-state index is 12.1. The van der Waals surface area contributed by atoms with Crippen molar-refractivity contribution < 1.29 is 19.7 Å². The van der Waals surface area contributed by atoms with Gasteiger partial charge in [0.05, 0.1) is 13.2 Å². The molecule has 4 aliphatic carbocycles. The van der Waals surface area contributed by atoms with Crippen LogP contribution in [0.1, 0.15) is 96.1 Å². The predicted octanol–water partition coefficient (Wildman–Crippen LogP) is 6.44. The zero-order valence-corrected chi connectivity index (χ0v) is 20.7. The number of aliphatic hydroxyl groups is 1. The molecule has 0 amide bonds. The Morgan fingerprint density at radius 1 is 1.06 bits per heavy atom. The lowest BCUT2D eigenvalue weighted by Gasteiger charge is -2.60. The molecule has 4 saturated carbocycles. The summed E-state index contributed by atoms with van der Waals surface area (Å²) in [5.41, 5.74) is 1.59. The van der Waals surface area contributed by atoms with Gasteiger partial charge in [0.15, 0.2) is 11.5 Å². The minimum Gasteiger partial charge on any atom is -0.504 e. The Balaban J connectivity index is 1.26. The maximum absolute atomic E-state index is 12.1. The molecule has 0 saturated heterocycles. The van der Waals surface area contributed by atoms with Crippen molar-refractivity contribution in [2.24, 2.45) is 40.4 Å². The number of Topliss-reactive ketones (excluding diaryl/α,β-unsaturated/α-hetero) is 1. The van der Waals surface area contributed by atoms with Gasteiger partial charge in [-0.1, -0.05) is 19.9 Å². The van der Waals surface area contributed by atoms with Crippen molar-refractivity contribution >= 4 is 5.78 Å². The molecule has 33 heavy (non-hydrogen) atoms. The Morgan fingerprint density at radius 3 is 2.64 bits per heavy atom. The highest BCUT2D eigenvalue weighted by molar-refractivity contribution is 5.79. The van der Waals surface area contributed by atoms with Crippen LogP contribution in [0.25, 0.3) is 0 Å². The summed E-state index contributed by atoms with van der Waals surface area (Å²) in [5, 5.41) is 20.7. The van der Waals surface area contributed by atoms with Crippen molar-refractivity contribution in [1.82, 2.24) is 0 Å². The Hall–Kier alpha value is -1.55. The number of hydrogen-bond donors (Lipinski definition) is 2. The Bertz CT molecular complexity index is 896. The first-order valence-electron chi connectivity index (χ1n) is 13.3. The zero-order valence-electron chi connectivity index (χ0n) is 20.7. The van der Waals surface area contributed by atoms with E-state index in [1.165, 1.54) is 38.5 Å². The van der Waals surface area contributed by atoms with E-state index in [1.807, 2.05) is 0 Å². The van der Waals surface area contributed by atoms with Crippen molar-refractivity contribution in [1.29, 1.82) is 0 Å². The van der Waals surface area contributed by atoms with Crippen molar-refractivity contribution in [3.8, 4) is 11.5 Å². The predicted molar refractivity (Wildman–Crippen MR) is 129 cm³/mol. The van der Waals surface area contributed by atoms with Crippen LogP contribution in [0.5, 0.6) is 11.5 Å². The average Bonchev–Trinajstić information content (AvgIpc) is 3.14. The van der Waals surface area contributed by atoms with Crippen LogP contribution in [0, 0.1) is 40.4 Å². The number of aromatic hydroxyl groups is 1. The van der Waals surface area contributed by atoms with Gasteiger partial charge < -0.3 is 14.9 Å². The number of ether oxygens (including phenoxy) is 1. The molecule has 0 spiro atoms. The quantitative estimate of drug-likeness (QED) is 0.537. The van der Waals surface area contributed by atoms with Crippen molar-refractivity contribution in [3.05, 3.63) is 23.8 Å². The molecule has 4 aliphatic rings. The van der Waals surface area contributed by atoms with Gasteiger partial charge in [0.1, 0.15) is 5.78 Å². The lowest BCUT2D eigenvalue weighted by Crippen LogP contribution is -2.53. The first-order valence-corrected chi connectivity index (χ1v) is 13.3. The summed E-state index contributed by atoms with van der Waals surface area (Å²) in [6.45, 7) is 5.08. The molecule has 0 bridgehead atoms. The van der Waals surface area contributed by atoms with E-state index in [0.717, 1.165) is 55.4 Å². The van der Waals surface area contributed by atoms with E-state index in [9.17, 15) is 15.0 Å². The molecule has 0 heterocycles. The summed E-state index contributed by atoms with van der Waals surface area (Å²) < 4.78 is 5.22. The van der Waals surface area contributed by atoms with E-state index in [0.29, 0.717) is 34.2 Å². The van der Waals surface area contributed by atoms with Crippen LogP contribution < -0.4 is 4.74 Å².